The normalized spacial score (nSPS) is 11.1. The molecule has 0 N–H and O–H groups in total. The summed E-state index contributed by atoms with van der Waals surface area (Å²) in [5.41, 5.74) is 2.26. The van der Waals surface area contributed by atoms with Crippen LogP contribution in [0.2, 0.25) is 0 Å². The van der Waals surface area contributed by atoms with Crippen LogP contribution in [0.5, 0.6) is 0 Å². The van der Waals surface area contributed by atoms with Gasteiger partial charge in [-0.1, -0.05) is 17.3 Å². The van der Waals surface area contributed by atoms with E-state index in [0.29, 0.717) is 10.3 Å². The van der Waals surface area contributed by atoms with E-state index in [1.54, 1.807) is 13.4 Å². The van der Waals surface area contributed by atoms with Crippen molar-refractivity contribution in [3.05, 3.63) is 40.9 Å². The number of hydrogen-bond donors (Lipinski definition) is 0. The minimum absolute atomic E-state index is 0.0671. The molecule has 19 heavy (non-hydrogen) atoms. The molecule has 0 radical (unpaired) electrons. The Bertz CT molecular complexity index is 741. The van der Waals surface area contributed by atoms with Crippen LogP contribution >= 0.6 is 15.9 Å². The Hall–Kier alpha value is -2.02. The van der Waals surface area contributed by atoms with Crippen molar-refractivity contribution >= 4 is 32.7 Å². The van der Waals surface area contributed by atoms with Crippen molar-refractivity contribution in [3.63, 3.8) is 0 Å². The third-order valence-electron chi connectivity index (χ3n) is 2.89. The number of fused-ring (bicyclic) bond motifs is 1. The summed E-state index contributed by atoms with van der Waals surface area (Å²) in [5, 5.41) is 7.62. The third-order valence-corrected chi connectivity index (χ3v) is 3.43. The number of nitrogens with zero attached hydrogens (tertiary/aromatic N) is 5. The molecule has 0 unspecified atom stereocenters. The quantitative estimate of drug-likeness (QED) is 0.691. The zero-order valence-corrected chi connectivity index (χ0v) is 11.7. The lowest BCUT2D eigenvalue weighted by Crippen LogP contribution is -2.14. The van der Waals surface area contributed by atoms with Gasteiger partial charge in [0.15, 0.2) is 4.60 Å². The highest BCUT2D eigenvalue weighted by Crippen LogP contribution is 2.16. The molecule has 0 bridgehead atoms. The number of halogens is 1. The first-order valence-corrected chi connectivity index (χ1v) is 6.44. The van der Waals surface area contributed by atoms with Crippen LogP contribution in [0.15, 0.2) is 35.2 Å². The van der Waals surface area contributed by atoms with Gasteiger partial charge in [-0.3, -0.25) is 4.79 Å². The second-order valence-electron chi connectivity index (χ2n) is 4.14. The van der Waals surface area contributed by atoms with Crippen LogP contribution < -0.4 is 0 Å². The van der Waals surface area contributed by atoms with E-state index < -0.39 is 0 Å². The van der Waals surface area contributed by atoms with Crippen LogP contribution in [-0.4, -0.2) is 30.3 Å². The first-order valence-electron chi connectivity index (χ1n) is 5.65. The standard InChI is InChI=1S/C12H10BrN5O/c1-17-11(12(13)15-16-17)10(19)6-18-7-14-8-4-2-3-5-9(8)18/h2-5,7H,6H2,1H3. The molecule has 0 atom stereocenters. The summed E-state index contributed by atoms with van der Waals surface area (Å²) in [4.78, 5) is 16.5. The number of carbonyl (C=O) groups excluding carboxylic acids is 1. The van der Waals surface area contributed by atoms with Crippen LogP contribution in [-0.2, 0) is 13.6 Å². The second-order valence-corrected chi connectivity index (χ2v) is 4.89. The molecule has 0 saturated carbocycles. The lowest BCUT2D eigenvalue weighted by Gasteiger charge is -2.04. The molecule has 96 valence electrons. The fourth-order valence-electron chi connectivity index (χ4n) is 1.99. The molecule has 0 fully saturated rings. The minimum Gasteiger partial charge on any atom is -0.323 e. The van der Waals surface area contributed by atoms with E-state index >= 15 is 0 Å². The van der Waals surface area contributed by atoms with Gasteiger partial charge in [-0.15, -0.1) is 5.10 Å². The molecular weight excluding hydrogens is 310 g/mol. The zero-order valence-electron chi connectivity index (χ0n) is 10.1. The Balaban J connectivity index is 1.96. The highest BCUT2D eigenvalue weighted by molar-refractivity contribution is 9.10. The number of aryl methyl sites for hydroxylation is 1. The highest BCUT2D eigenvalue weighted by atomic mass is 79.9. The first kappa shape index (κ1) is 12.0. The monoisotopic (exact) mass is 319 g/mol. The van der Waals surface area contributed by atoms with E-state index in [0.717, 1.165) is 11.0 Å². The number of rotatable bonds is 3. The van der Waals surface area contributed by atoms with Crippen molar-refractivity contribution in [2.24, 2.45) is 7.05 Å². The van der Waals surface area contributed by atoms with E-state index in [9.17, 15) is 4.79 Å². The molecule has 2 aromatic heterocycles. The number of hydrogen-bond acceptors (Lipinski definition) is 4. The first-order chi connectivity index (χ1) is 9.16. The molecule has 3 rings (SSSR count). The number of carbonyl (C=O) groups is 1. The maximum atomic E-state index is 12.3. The lowest BCUT2D eigenvalue weighted by atomic mass is 10.2. The van der Waals surface area contributed by atoms with Crippen molar-refractivity contribution in [2.45, 2.75) is 6.54 Å². The third kappa shape index (κ3) is 2.06. The Morgan fingerprint density at radius 3 is 2.89 bits per heavy atom. The predicted molar refractivity (Wildman–Crippen MR) is 72.8 cm³/mol. The van der Waals surface area contributed by atoms with Gasteiger partial charge >= 0.3 is 0 Å². The average Bonchev–Trinajstić information content (AvgIpc) is 2.94. The molecular formula is C12H10BrN5O. The number of Topliss-reactive ketones (excluding diaryl/α,β-unsaturated/α-hetero) is 1. The zero-order chi connectivity index (χ0) is 13.4. The van der Waals surface area contributed by atoms with E-state index in [2.05, 4.69) is 31.2 Å². The Labute approximate surface area is 117 Å². The lowest BCUT2D eigenvalue weighted by molar-refractivity contribution is 0.0963. The van der Waals surface area contributed by atoms with Crippen molar-refractivity contribution in [3.8, 4) is 0 Å². The fourth-order valence-corrected chi connectivity index (χ4v) is 2.54. The van der Waals surface area contributed by atoms with Crippen LogP contribution in [0, 0.1) is 0 Å². The largest absolute Gasteiger partial charge is 0.323 e. The van der Waals surface area contributed by atoms with Gasteiger partial charge in [-0.05, 0) is 28.1 Å². The topological polar surface area (TPSA) is 65.6 Å². The van der Waals surface area contributed by atoms with Gasteiger partial charge in [0.2, 0.25) is 5.78 Å². The summed E-state index contributed by atoms with van der Waals surface area (Å²) in [6, 6.07) is 7.69. The summed E-state index contributed by atoms with van der Waals surface area (Å²) in [5.74, 6) is -0.0671. The summed E-state index contributed by atoms with van der Waals surface area (Å²) in [6.07, 6.45) is 1.67. The molecule has 0 aliphatic carbocycles. The molecule has 0 aliphatic heterocycles. The summed E-state index contributed by atoms with van der Waals surface area (Å²) in [6.45, 7) is 0.209. The molecule has 2 heterocycles. The van der Waals surface area contributed by atoms with Crippen LogP contribution in [0.25, 0.3) is 11.0 Å². The molecule has 0 amide bonds. The van der Waals surface area contributed by atoms with Gasteiger partial charge in [0.05, 0.1) is 23.9 Å². The number of imidazole rings is 1. The van der Waals surface area contributed by atoms with E-state index in [1.165, 1.54) is 4.68 Å². The second kappa shape index (κ2) is 4.58. The molecule has 1 aromatic carbocycles. The minimum atomic E-state index is -0.0671. The predicted octanol–water partition coefficient (Wildman–Crippen LogP) is 1.81. The number of aromatic nitrogens is 5. The number of benzene rings is 1. The summed E-state index contributed by atoms with van der Waals surface area (Å²) in [7, 11) is 1.69. The van der Waals surface area contributed by atoms with Crippen molar-refractivity contribution in [2.75, 3.05) is 0 Å². The highest BCUT2D eigenvalue weighted by Gasteiger charge is 2.17. The van der Waals surface area contributed by atoms with Gasteiger partial charge in [-0.25, -0.2) is 9.67 Å². The Morgan fingerprint density at radius 1 is 1.37 bits per heavy atom. The van der Waals surface area contributed by atoms with Gasteiger partial charge in [0.1, 0.15) is 5.69 Å². The van der Waals surface area contributed by atoms with Crippen LogP contribution in [0.4, 0.5) is 0 Å². The van der Waals surface area contributed by atoms with E-state index in [4.69, 9.17) is 0 Å². The fraction of sp³-hybridized carbons (Fsp3) is 0.167. The average molecular weight is 320 g/mol. The molecule has 0 aliphatic rings. The van der Waals surface area contributed by atoms with Gasteiger partial charge in [0.25, 0.3) is 0 Å². The van der Waals surface area contributed by atoms with Crippen molar-refractivity contribution in [1.82, 2.24) is 24.5 Å². The van der Waals surface area contributed by atoms with Crippen molar-refractivity contribution in [1.29, 1.82) is 0 Å². The van der Waals surface area contributed by atoms with Crippen molar-refractivity contribution < 1.29 is 4.79 Å². The molecule has 3 aromatic rings. The van der Waals surface area contributed by atoms with Gasteiger partial charge < -0.3 is 4.57 Å². The Morgan fingerprint density at radius 2 is 2.16 bits per heavy atom. The molecule has 0 saturated heterocycles. The number of para-hydroxylation sites is 2. The summed E-state index contributed by atoms with van der Waals surface area (Å²) < 4.78 is 3.74. The maximum Gasteiger partial charge on any atom is 0.203 e. The molecule has 6 nitrogen and oxygen atoms in total. The summed E-state index contributed by atoms with van der Waals surface area (Å²) >= 11 is 3.23. The number of ketones is 1. The smallest absolute Gasteiger partial charge is 0.203 e. The van der Waals surface area contributed by atoms with E-state index in [1.807, 2.05) is 28.8 Å². The molecule has 0 spiro atoms. The maximum absolute atomic E-state index is 12.3. The SMILES string of the molecule is Cn1nnc(Br)c1C(=O)Cn1cnc2ccccc21. The Kier molecular flexibility index (Phi) is 2.90. The van der Waals surface area contributed by atoms with E-state index in [-0.39, 0.29) is 12.3 Å². The van der Waals surface area contributed by atoms with Crippen LogP contribution in [0.1, 0.15) is 10.5 Å². The van der Waals surface area contributed by atoms with Gasteiger partial charge in [-0.2, -0.15) is 0 Å². The van der Waals surface area contributed by atoms with Crippen LogP contribution in [0.3, 0.4) is 0 Å². The van der Waals surface area contributed by atoms with Gasteiger partial charge in [0, 0.05) is 7.05 Å². The molecule has 7 heteroatoms.